The minimum atomic E-state index is 0.259. The van der Waals surface area contributed by atoms with E-state index in [-0.39, 0.29) is 12.6 Å². The highest BCUT2D eigenvalue weighted by Crippen LogP contribution is 2.07. The predicted molar refractivity (Wildman–Crippen MR) is 54.7 cm³/mol. The Morgan fingerprint density at radius 2 is 2.31 bits per heavy atom. The van der Waals surface area contributed by atoms with E-state index in [0.29, 0.717) is 12.0 Å². The lowest BCUT2D eigenvalue weighted by Crippen LogP contribution is -2.42. The van der Waals surface area contributed by atoms with E-state index in [0.717, 1.165) is 19.5 Å². The first-order chi connectivity index (χ1) is 6.22. The Balaban J connectivity index is 2.21. The van der Waals surface area contributed by atoms with Gasteiger partial charge in [-0.1, -0.05) is 13.8 Å². The van der Waals surface area contributed by atoms with Gasteiger partial charge in [0.25, 0.3) is 0 Å². The molecule has 2 unspecified atom stereocenters. The third-order valence-electron chi connectivity index (χ3n) is 2.51. The number of hydrogen-bond acceptors (Lipinski definition) is 3. The lowest BCUT2D eigenvalue weighted by atomic mass is 10.0. The number of hydrogen-bond donors (Lipinski definition) is 3. The van der Waals surface area contributed by atoms with Crippen molar-refractivity contribution in [2.75, 3.05) is 19.7 Å². The zero-order valence-electron chi connectivity index (χ0n) is 8.71. The Kier molecular flexibility index (Phi) is 4.70. The zero-order valence-corrected chi connectivity index (χ0v) is 8.71. The Bertz CT molecular complexity index is 133. The molecule has 1 aliphatic heterocycles. The molecular formula is C10H22N2O. The standard InChI is InChI=1S/C10H22N2O/c1-8(2)5-10(7-13)12-9-3-4-11-6-9/h8-13H,3-7H2,1-2H3. The van der Waals surface area contributed by atoms with E-state index >= 15 is 0 Å². The molecule has 0 saturated carbocycles. The van der Waals surface area contributed by atoms with Gasteiger partial charge < -0.3 is 15.7 Å². The molecule has 0 aromatic rings. The molecule has 78 valence electrons. The summed E-state index contributed by atoms with van der Waals surface area (Å²) in [5, 5.41) is 15.9. The highest BCUT2D eigenvalue weighted by atomic mass is 16.3. The monoisotopic (exact) mass is 186 g/mol. The van der Waals surface area contributed by atoms with Gasteiger partial charge in [-0.3, -0.25) is 0 Å². The molecule has 0 spiro atoms. The highest BCUT2D eigenvalue weighted by molar-refractivity contribution is 4.81. The number of aliphatic hydroxyl groups is 1. The molecule has 0 radical (unpaired) electrons. The first-order valence-corrected chi connectivity index (χ1v) is 5.30. The number of rotatable bonds is 5. The maximum Gasteiger partial charge on any atom is 0.0584 e. The predicted octanol–water partition coefficient (Wildman–Crippen LogP) is 0.345. The first-order valence-electron chi connectivity index (χ1n) is 5.30. The molecule has 13 heavy (non-hydrogen) atoms. The third-order valence-corrected chi connectivity index (χ3v) is 2.51. The van der Waals surface area contributed by atoms with E-state index in [1.807, 2.05) is 0 Å². The molecular weight excluding hydrogens is 164 g/mol. The Morgan fingerprint density at radius 3 is 2.77 bits per heavy atom. The van der Waals surface area contributed by atoms with Crippen LogP contribution in [0.5, 0.6) is 0 Å². The van der Waals surface area contributed by atoms with Crippen LogP contribution in [0.2, 0.25) is 0 Å². The number of aliphatic hydroxyl groups excluding tert-OH is 1. The van der Waals surface area contributed by atoms with Crippen molar-refractivity contribution >= 4 is 0 Å². The Hall–Kier alpha value is -0.120. The van der Waals surface area contributed by atoms with Crippen LogP contribution in [0.3, 0.4) is 0 Å². The molecule has 1 rings (SSSR count). The van der Waals surface area contributed by atoms with E-state index in [9.17, 15) is 0 Å². The zero-order chi connectivity index (χ0) is 9.68. The highest BCUT2D eigenvalue weighted by Gasteiger charge is 2.18. The quantitative estimate of drug-likeness (QED) is 0.580. The third kappa shape index (κ3) is 4.07. The van der Waals surface area contributed by atoms with Gasteiger partial charge in [-0.2, -0.15) is 0 Å². The number of nitrogens with one attached hydrogen (secondary N) is 2. The molecule has 0 aromatic carbocycles. The van der Waals surface area contributed by atoms with Crippen molar-refractivity contribution in [3.8, 4) is 0 Å². The van der Waals surface area contributed by atoms with Gasteiger partial charge in [0, 0.05) is 18.6 Å². The summed E-state index contributed by atoms with van der Waals surface area (Å²) in [4.78, 5) is 0. The molecule has 3 nitrogen and oxygen atoms in total. The van der Waals surface area contributed by atoms with E-state index in [1.54, 1.807) is 0 Å². The molecule has 0 aliphatic carbocycles. The smallest absolute Gasteiger partial charge is 0.0584 e. The SMILES string of the molecule is CC(C)CC(CO)NC1CCNC1. The van der Waals surface area contributed by atoms with Gasteiger partial charge in [-0.05, 0) is 25.3 Å². The van der Waals surface area contributed by atoms with E-state index in [4.69, 9.17) is 5.11 Å². The van der Waals surface area contributed by atoms with Crippen LogP contribution in [0.25, 0.3) is 0 Å². The van der Waals surface area contributed by atoms with Crippen molar-refractivity contribution in [2.45, 2.75) is 38.8 Å². The fourth-order valence-corrected chi connectivity index (χ4v) is 1.89. The molecule has 0 aromatic heterocycles. The Morgan fingerprint density at radius 1 is 1.54 bits per heavy atom. The van der Waals surface area contributed by atoms with Crippen LogP contribution in [0.1, 0.15) is 26.7 Å². The van der Waals surface area contributed by atoms with Gasteiger partial charge >= 0.3 is 0 Å². The van der Waals surface area contributed by atoms with Crippen molar-refractivity contribution in [3.63, 3.8) is 0 Å². The summed E-state index contributed by atoms with van der Waals surface area (Å²) >= 11 is 0. The summed E-state index contributed by atoms with van der Waals surface area (Å²) in [6, 6.07) is 0.848. The van der Waals surface area contributed by atoms with Gasteiger partial charge in [-0.25, -0.2) is 0 Å². The van der Waals surface area contributed by atoms with Crippen LogP contribution in [-0.4, -0.2) is 36.9 Å². The molecule has 3 N–H and O–H groups in total. The summed E-state index contributed by atoms with van der Waals surface area (Å²) in [6.07, 6.45) is 2.25. The maximum atomic E-state index is 9.15. The fraction of sp³-hybridized carbons (Fsp3) is 1.00. The van der Waals surface area contributed by atoms with Crippen molar-refractivity contribution in [1.82, 2.24) is 10.6 Å². The van der Waals surface area contributed by atoms with E-state index < -0.39 is 0 Å². The molecule has 1 fully saturated rings. The first kappa shape index (κ1) is 11.0. The minimum absolute atomic E-state index is 0.259. The topological polar surface area (TPSA) is 44.3 Å². The molecule has 1 heterocycles. The average Bonchev–Trinajstić information content (AvgIpc) is 2.55. The lowest BCUT2D eigenvalue weighted by Gasteiger charge is -2.22. The molecule has 1 aliphatic rings. The second-order valence-corrected chi connectivity index (χ2v) is 4.37. The van der Waals surface area contributed by atoms with Crippen LogP contribution < -0.4 is 10.6 Å². The van der Waals surface area contributed by atoms with Crippen molar-refractivity contribution in [3.05, 3.63) is 0 Å². The average molecular weight is 186 g/mol. The lowest BCUT2D eigenvalue weighted by molar-refractivity contribution is 0.215. The van der Waals surface area contributed by atoms with Gasteiger partial charge in [0.05, 0.1) is 6.61 Å². The van der Waals surface area contributed by atoms with Gasteiger partial charge in [0.15, 0.2) is 0 Å². The molecule has 1 saturated heterocycles. The van der Waals surface area contributed by atoms with Gasteiger partial charge in [0.1, 0.15) is 0 Å². The minimum Gasteiger partial charge on any atom is -0.395 e. The molecule has 3 heteroatoms. The Labute approximate surface area is 80.9 Å². The molecule has 0 amide bonds. The van der Waals surface area contributed by atoms with Crippen LogP contribution >= 0.6 is 0 Å². The largest absolute Gasteiger partial charge is 0.395 e. The van der Waals surface area contributed by atoms with Crippen molar-refractivity contribution in [1.29, 1.82) is 0 Å². The summed E-state index contributed by atoms with van der Waals surface area (Å²) < 4.78 is 0. The van der Waals surface area contributed by atoms with Crippen LogP contribution in [-0.2, 0) is 0 Å². The maximum absolute atomic E-state index is 9.15. The van der Waals surface area contributed by atoms with Crippen molar-refractivity contribution < 1.29 is 5.11 Å². The summed E-state index contributed by atoms with van der Waals surface area (Å²) in [7, 11) is 0. The summed E-state index contributed by atoms with van der Waals surface area (Å²) in [5.41, 5.74) is 0. The van der Waals surface area contributed by atoms with Gasteiger partial charge in [-0.15, -0.1) is 0 Å². The molecule has 2 atom stereocenters. The van der Waals surface area contributed by atoms with Crippen molar-refractivity contribution in [2.24, 2.45) is 5.92 Å². The summed E-state index contributed by atoms with van der Waals surface area (Å²) in [5.74, 6) is 0.652. The second kappa shape index (κ2) is 5.58. The second-order valence-electron chi connectivity index (χ2n) is 4.37. The van der Waals surface area contributed by atoms with E-state index in [1.165, 1.54) is 6.42 Å². The van der Waals surface area contributed by atoms with Gasteiger partial charge in [0.2, 0.25) is 0 Å². The van der Waals surface area contributed by atoms with E-state index in [2.05, 4.69) is 24.5 Å². The summed E-state index contributed by atoms with van der Waals surface area (Å²) in [6.45, 7) is 6.80. The fourth-order valence-electron chi connectivity index (χ4n) is 1.89. The van der Waals surface area contributed by atoms with Crippen LogP contribution in [0.4, 0.5) is 0 Å². The normalized spacial score (nSPS) is 25.4. The molecule has 0 bridgehead atoms. The van der Waals surface area contributed by atoms with Crippen LogP contribution in [0, 0.1) is 5.92 Å². The van der Waals surface area contributed by atoms with Crippen LogP contribution in [0.15, 0.2) is 0 Å².